The molecule has 1 aliphatic carbocycles. The van der Waals surface area contributed by atoms with Crippen LogP contribution in [0.1, 0.15) is 32.6 Å². The Hall–Kier alpha value is -0.280. The minimum absolute atomic E-state index is 0.168. The SMILES string of the molecule is CCOC1CC(CC(=O)N2CCC(Cl)C2)C1. The summed E-state index contributed by atoms with van der Waals surface area (Å²) in [6.07, 6.45) is 4.14. The van der Waals surface area contributed by atoms with Gasteiger partial charge in [0, 0.05) is 26.1 Å². The quantitative estimate of drug-likeness (QED) is 0.710. The van der Waals surface area contributed by atoms with E-state index in [1.54, 1.807) is 0 Å². The summed E-state index contributed by atoms with van der Waals surface area (Å²) in [5.74, 6) is 0.821. The predicted octanol–water partition coefficient (Wildman–Crippen LogP) is 2.03. The Kier molecular flexibility index (Phi) is 4.09. The molecule has 3 nitrogen and oxygen atoms in total. The molecule has 1 amide bonds. The summed E-state index contributed by atoms with van der Waals surface area (Å²) in [5.41, 5.74) is 0. The van der Waals surface area contributed by atoms with Crippen LogP contribution in [0.5, 0.6) is 0 Å². The van der Waals surface area contributed by atoms with E-state index in [2.05, 4.69) is 0 Å². The maximum atomic E-state index is 11.9. The zero-order valence-electron chi connectivity index (χ0n) is 9.82. The number of carbonyl (C=O) groups excluding carboxylic acids is 1. The highest BCUT2D eigenvalue weighted by atomic mass is 35.5. The Morgan fingerprint density at radius 1 is 1.50 bits per heavy atom. The number of likely N-dealkylation sites (tertiary alicyclic amines) is 1. The molecule has 0 spiro atoms. The van der Waals surface area contributed by atoms with Crippen molar-refractivity contribution in [2.75, 3.05) is 19.7 Å². The van der Waals surface area contributed by atoms with Crippen molar-refractivity contribution in [2.24, 2.45) is 5.92 Å². The lowest BCUT2D eigenvalue weighted by molar-refractivity contribution is -0.133. The molecule has 0 aromatic carbocycles. The third-order valence-corrected chi connectivity index (χ3v) is 3.90. The van der Waals surface area contributed by atoms with Crippen LogP contribution in [0.4, 0.5) is 0 Å². The first kappa shape index (κ1) is 12.2. The first-order valence-electron chi connectivity index (χ1n) is 6.22. The summed E-state index contributed by atoms with van der Waals surface area (Å²) in [7, 11) is 0. The van der Waals surface area contributed by atoms with Gasteiger partial charge >= 0.3 is 0 Å². The van der Waals surface area contributed by atoms with E-state index < -0.39 is 0 Å². The van der Waals surface area contributed by atoms with Crippen LogP contribution < -0.4 is 0 Å². The van der Waals surface area contributed by atoms with Gasteiger partial charge in [0.25, 0.3) is 0 Å². The second-order valence-corrected chi connectivity index (χ2v) is 5.46. The molecule has 2 rings (SSSR count). The molecule has 0 N–H and O–H groups in total. The van der Waals surface area contributed by atoms with E-state index in [4.69, 9.17) is 16.3 Å². The van der Waals surface area contributed by atoms with Gasteiger partial charge in [-0.15, -0.1) is 11.6 Å². The Balaban J connectivity index is 1.65. The lowest BCUT2D eigenvalue weighted by Crippen LogP contribution is -2.37. The maximum Gasteiger partial charge on any atom is 0.222 e. The second kappa shape index (κ2) is 5.37. The average Bonchev–Trinajstić information content (AvgIpc) is 2.61. The molecule has 1 heterocycles. The van der Waals surface area contributed by atoms with Crippen molar-refractivity contribution in [3.8, 4) is 0 Å². The number of rotatable bonds is 4. The van der Waals surface area contributed by atoms with E-state index in [-0.39, 0.29) is 11.3 Å². The number of carbonyl (C=O) groups is 1. The van der Waals surface area contributed by atoms with Crippen molar-refractivity contribution < 1.29 is 9.53 Å². The Bertz CT molecular complexity index is 253. The monoisotopic (exact) mass is 245 g/mol. The third kappa shape index (κ3) is 2.89. The Labute approximate surface area is 102 Å². The maximum absolute atomic E-state index is 11.9. The van der Waals surface area contributed by atoms with Crippen molar-refractivity contribution in [1.29, 1.82) is 0 Å². The number of ether oxygens (including phenoxy) is 1. The topological polar surface area (TPSA) is 29.5 Å². The van der Waals surface area contributed by atoms with Gasteiger partial charge in [-0.3, -0.25) is 4.79 Å². The van der Waals surface area contributed by atoms with Gasteiger partial charge in [-0.1, -0.05) is 0 Å². The van der Waals surface area contributed by atoms with E-state index in [0.717, 1.165) is 39.0 Å². The summed E-state index contributed by atoms with van der Waals surface area (Å²) in [4.78, 5) is 13.8. The van der Waals surface area contributed by atoms with E-state index in [1.165, 1.54) is 0 Å². The number of amides is 1. The normalized spacial score (nSPS) is 33.9. The predicted molar refractivity (Wildman–Crippen MR) is 63.6 cm³/mol. The second-order valence-electron chi connectivity index (χ2n) is 4.84. The molecule has 1 unspecified atom stereocenters. The fraction of sp³-hybridized carbons (Fsp3) is 0.917. The van der Waals surface area contributed by atoms with Crippen molar-refractivity contribution in [3.05, 3.63) is 0 Å². The summed E-state index contributed by atoms with van der Waals surface area (Å²) in [6.45, 7) is 4.38. The van der Waals surface area contributed by atoms with Gasteiger partial charge in [-0.25, -0.2) is 0 Å². The number of alkyl halides is 1. The molecular formula is C12H20ClNO2. The smallest absolute Gasteiger partial charge is 0.222 e. The molecule has 0 bridgehead atoms. The number of halogens is 1. The van der Waals surface area contributed by atoms with Crippen LogP contribution in [-0.2, 0) is 9.53 Å². The third-order valence-electron chi connectivity index (χ3n) is 3.54. The van der Waals surface area contributed by atoms with Crippen LogP contribution in [0, 0.1) is 5.92 Å². The lowest BCUT2D eigenvalue weighted by Gasteiger charge is -2.35. The molecule has 0 aromatic rings. The lowest BCUT2D eigenvalue weighted by atomic mass is 9.80. The molecule has 1 saturated heterocycles. The first-order valence-corrected chi connectivity index (χ1v) is 6.66. The molecule has 1 aliphatic heterocycles. The molecule has 92 valence electrons. The molecule has 0 aromatic heterocycles. The molecule has 2 aliphatic rings. The van der Waals surface area contributed by atoms with Crippen molar-refractivity contribution >= 4 is 17.5 Å². The van der Waals surface area contributed by atoms with E-state index in [0.29, 0.717) is 18.4 Å². The average molecular weight is 246 g/mol. The van der Waals surface area contributed by atoms with Crippen molar-refractivity contribution in [1.82, 2.24) is 4.90 Å². The Morgan fingerprint density at radius 3 is 2.81 bits per heavy atom. The zero-order valence-corrected chi connectivity index (χ0v) is 10.6. The number of nitrogens with zero attached hydrogens (tertiary/aromatic N) is 1. The molecule has 0 radical (unpaired) electrons. The van der Waals surface area contributed by atoms with Crippen molar-refractivity contribution in [3.63, 3.8) is 0 Å². The highest BCUT2D eigenvalue weighted by molar-refractivity contribution is 6.21. The molecule has 2 fully saturated rings. The van der Waals surface area contributed by atoms with Gasteiger partial charge in [0.1, 0.15) is 0 Å². The molecule has 1 saturated carbocycles. The van der Waals surface area contributed by atoms with Crippen LogP contribution in [-0.4, -0.2) is 42.0 Å². The van der Waals surface area contributed by atoms with Gasteiger partial charge in [0.05, 0.1) is 11.5 Å². The van der Waals surface area contributed by atoms with Crippen LogP contribution in [0.15, 0.2) is 0 Å². The molecule has 1 atom stereocenters. The standard InChI is InChI=1S/C12H20ClNO2/c1-2-16-11-5-9(6-11)7-12(15)14-4-3-10(13)8-14/h9-11H,2-8H2,1H3. The zero-order chi connectivity index (χ0) is 11.5. The molecule has 16 heavy (non-hydrogen) atoms. The fourth-order valence-corrected chi connectivity index (χ4v) is 2.80. The van der Waals surface area contributed by atoms with E-state index >= 15 is 0 Å². The van der Waals surface area contributed by atoms with Crippen LogP contribution in [0.25, 0.3) is 0 Å². The van der Waals surface area contributed by atoms with Gasteiger partial charge in [0.2, 0.25) is 5.91 Å². The number of hydrogen-bond donors (Lipinski definition) is 0. The fourth-order valence-electron chi connectivity index (χ4n) is 2.53. The Morgan fingerprint density at radius 2 is 2.25 bits per heavy atom. The summed E-state index contributed by atoms with van der Waals surface area (Å²) >= 11 is 5.99. The van der Waals surface area contributed by atoms with E-state index in [1.807, 2.05) is 11.8 Å². The van der Waals surface area contributed by atoms with Gasteiger partial charge in [-0.05, 0) is 32.1 Å². The summed E-state index contributed by atoms with van der Waals surface area (Å²) in [6, 6.07) is 0. The largest absolute Gasteiger partial charge is 0.378 e. The highest BCUT2D eigenvalue weighted by Gasteiger charge is 2.33. The summed E-state index contributed by atoms with van der Waals surface area (Å²) < 4.78 is 5.49. The first-order chi connectivity index (χ1) is 7.69. The highest BCUT2D eigenvalue weighted by Crippen LogP contribution is 2.33. The van der Waals surface area contributed by atoms with Crippen LogP contribution in [0.2, 0.25) is 0 Å². The summed E-state index contributed by atoms with van der Waals surface area (Å²) in [5, 5.41) is 0.168. The van der Waals surface area contributed by atoms with Gasteiger partial charge in [0.15, 0.2) is 0 Å². The molecular weight excluding hydrogens is 226 g/mol. The minimum Gasteiger partial charge on any atom is -0.378 e. The van der Waals surface area contributed by atoms with Crippen LogP contribution in [0.3, 0.4) is 0 Å². The van der Waals surface area contributed by atoms with Gasteiger partial charge < -0.3 is 9.64 Å². The molecule has 4 heteroatoms. The van der Waals surface area contributed by atoms with Gasteiger partial charge in [-0.2, -0.15) is 0 Å². The number of hydrogen-bond acceptors (Lipinski definition) is 2. The van der Waals surface area contributed by atoms with Crippen molar-refractivity contribution in [2.45, 2.75) is 44.1 Å². The minimum atomic E-state index is 0.168. The van der Waals surface area contributed by atoms with Crippen LogP contribution >= 0.6 is 11.6 Å². The van der Waals surface area contributed by atoms with E-state index in [9.17, 15) is 4.79 Å².